The van der Waals surface area contributed by atoms with Crippen molar-refractivity contribution in [3.63, 3.8) is 0 Å². The molecular formula is C14H18F3N3O5S. The van der Waals surface area contributed by atoms with Crippen molar-refractivity contribution in [2.24, 2.45) is 5.92 Å². The molecule has 2 rings (SSSR count). The molecule has 1 aliphatic rings. The van der Waals surface area contributed by atoms with E-state index in [9.17, 15) is 31.7 Å². The van der Waals surface area contributed by atoms with Crippen molar-refractivity contribution in [1.29, 1.82) is 0 Å². The molecule has 1 aromatic rings. The maximum atomic E-state index is 12.5. The van der Waals surface area contributed by atoms with Gasteiger partial charge in [0, 0.05) is 37.5 Å². The van der Waals surface area contributed by atoms with E-state index in [1.54, 1.807) is 0 Å². The third-order valence-electron chi connectivity index (χ3n) is 4.18. The normalized spacial score (nSPS) is 17.1. The molecule has 1 aliphatic heterocycles. The van der Waals surface area contributed by atoms with E-state index in [1.165, 1.54) is 25.3 Å². The van der Waals surface area contributed by atoms with Gasteiger partial charge >= 0.3 is 21.2 Å². The molecule has 0 aliphatic carbocycles. The van der Waals surface area contributed by atoms with Gasteiger partial charge in [0.25, 0.3) is 0 Å². The Labute approximate surface area is 148 Å². The second-order valence-electron chi connectivity index (χ2n) is 5.82. The van der Waals surface area contributed by atoms with Gasteiger partial charge in [0.1, 0.15) is 0 Å². The zero-order valence-electron chi connectivity index (χ0n) is 13.8. The SMILES string of the molecule is COc1cc(NCC2CCN(S(=O)(=O)C(F)(F)F)CC2)ccc1[N+](=O)[O-]. The summed E-state index contributed by atoms with van der Waals surface area (Å²) >= 11 is 0. The molecular weight excluding hydrogens is 379 g/mol. The van der Waals surface area contributed by atoms with Crippen LogP contribution in [0.3, 0.4) is 0 Å². The predicted molar refractivity (Wildman–Crippen MR) is 87.4 cm³/mol. The number of benzene rings is 1. The molecule has 0 unspecified atom stereocenters. The molecule has 0 bridgehead atoms. The van der Waals surface area contributed by atoms with E-state index in [0.29, 0.717) is 16.5 Å². The Hall–Kier alpha value is -2.08. The molecule has 1 N–H and O–H groups in total. The van der Waals surface area contributed by atoms with Crippen LogP contribution in [0.25, 0.3) is 0 Å². The number of hydrogen-bond acceptors (Lipinski definition) is 6. The summed E-state index contributed by atoms with van der Waals surface area (Å²) in [4.78, 5) is 10.3. The first-order valence-electron chi connectivity index (χ1n) is 7.69. The third kappa shape index (κ3) is 4.36. The van der Waals surface area contributed by atoms with Crippen molar-refractivity contribution in [3.8, 4) is 5.75 Å². The number of hydrogen-bond donors (Lipinski definition) is 1. The lowest BCUT2D eigenvalue weighted by molar-refractivity contribution is -0.385. The van der Waals surface area contributed by atoms with E-state index < -0.39 is 20.5 Å². The van der Waals surface area contributed by atoms with Crippen molar-refractivity contribution in [1.82, 2.24) is 4.31 Å². The van der Waals surface area contributed by atoms with Crippen LogP contribution in [0.2, 0.25) is 0 Å². The fourth-order valence-electron chi connectivity index (χ4n) is 2.70. The minimum absolute atomic E-state index is 0.0177. The second-order valence-corrected chi connectivity index (χ2v) is 7.75. The number of alkyl halides is 3. The highest BCUT2D eigenvalue weighted by Crippen LogP contribution is 2.32. The number of anilines is 1. The van der Waals surface area contributed by atoms with E-state index >= 15 is 0 Å². The van der Waals surface area contributed by atoms with Crippen LogP contribution in [0.1, 0.15) is 12.8 Å². The zero-order valence-corrected chi connectivity index (χ0v) is 14.6. The Morgan fingerprint density at radius 1 is 1.35 bits per heavy atom. The molecule has 1 heterocycles. The molecule has 0 radical (unpaired) electrons. The second kappa shape index (κ2) is 7.66. The summed E-state index contributed by atoms with van der Waals surface area (Å²) in [5.41, 5.74) is -4.89. The van der Waals surface area contributed by atoms with Crippen LogP contribution in [0.4, 0.5) is 24.5 Å². The largest absolute Gasteiger partial charge is 0.511 e. The molecule has 0 atom stereocenters. The van der Waals surface area contributed by atoms with E-state index in [-0.39, 0.29) is 43.3 Å². The number of nitro groups is 1. The van der Waals surface area contributed by atoms with Crippen molar-refractivity contribution >= 4 is 21.4 Å². The number of nitrogens with one attached hydrogen (secondary N) is 1. The van der Waals surface area contributed by atoms with Crippen LogP contribution in [0, 0.1) is 16.0 Å². The van der Waals surface area contributed by atoms with Crippen LogP contribution < -0.4 is 10.1 Å². The lowest BCUT2D eigenvalue weighted by Crippen LogP contribution is -2.45. The first-order chi connectivity index (χ1) is 12.1. The van der Waals surface area contributed by atoms with Crippen molar-refractivity contribution in [2.75, 3.05) is 32.1 Å². The Morgan fingerprint density at radius 2 is 1.96 bits per heavy atom. The molecule has 0 spiro atoms. The van der Waals surface area contributed by atoms with Crippen LogP contribution in [0.5, 0.6) is 5.75 Å². The Kier molecular flexibility index (Phi) is 5.96. The monoisotopic (exact) mass is 397 g/mol. The molecule has 1 aromatic carbocycles. The minimum Gasteiger partial charge on any atom is -0.490 e. The van der Waals surface area contributed by atoms with Gasteiger partial charge in [0.05, 0.1) is 12.0 Å². The molecule has 0 amide bonds. The molecule has 146 valence electrons. The number of nitro benzene ring substituents is 1. The number of ether oxygens (including phenoxy) is 1. The summed E-state index contributed by atoms with van der Waals surface area (Å²) in [6.45, 7) is 0.0103. The summed E-state index contributed by atoms with van der Waals surface area (Å²) in [7, 11) is -3.97. The van der Waals surface area contributed by atoms with Crippen molar-refractivity contribution in [2.45, 2.75) is 18.3 Å². The minimum atomic E-state index is -5.28. The molecule has 1 saturated heterocycles. The Balaban J connectivity index is 1.92. The van der Waals surface area contributed by atoms with Gasteiger partial charge in [-0.1, -0.05) is 0 Å². The molecule has 1 fully saturated rings. The maximum absolute atomic E-state index is 12.5. The number of sulfonamides is 1. The first-order valence-corrected chi connectivity index (χ1v) is 9.13. The van der Waals surface area contributed by atoms with Crippen molar-refractivity contribution in [3.05, 3.63) is 28.3 Å². The maximum Gasteiger partial charge on any atom is 0.511 e. The number of rotatable bonds is 6. The first kappa shape index (κ1) is 20.2. The van der Waals surface area contributed by atoms with Gasteiger partial charge in [0.15, 0.2) is 5.75 Å². The predicted octanol–water partition coefficient (Wildman–Crippen LogP) is 2.58. The summed E-state index contributed by atoms with van der Waals surface area (Å²) in [5, 5.41) is 13.9. The van der Waals surface area contributed by atoms with Crippen LogP contribution >= 0.6 is 0 Å². The fraction of sp³-hybridized carbons (Fsp3) is 0.571. The van der Waals surface area contributed by atoms with E-state index in [1.807, 2.05) is 0 Å². The Bertz CT molecular complexity index is 762. The topological polar surface area (TPSA) is 102 Å². The molecule has 26 heavy (non-hydrogen) atoms. The standard InChI is InChI=1S/C14H18F3N3O5S/c1-25-13-8-11(2-3-12(13)20(21)22)18-9-10-4-6-19(7-5-10)26(23,24)14(15,16)17/h2-3,8,10,18H,4-7,9H2,1H3. The summed E-state index contributed by atoms with van der Waals surface area (Å²) in [6.07, 6.45) is 0.568. The zero-order chi connectivity index (χ0) is 19.5. The number of methoxy groups -OCH3 is 1. The van der Waals surface area contributed by atoms with E-state index in [4.69, 9.17) is 4.74 Å². The number of halogens is 3. The van der Waals surface area contributed by atoms with Gasteiger partial charge < -0.3 is 10.1 Å². The summed E-state index contributed by atoms with van der Waals surface area (Å²) < 4.78 is 65.8. The van der Waals surface area contributed by atoms with Gasteiger partial charge in [-0.3, -0.25) is 10.1 Å². The van der Waals surface area contributed by atoms with Gasteiger partial charge in [0.2, 0.25) is 0 Å². The smallest absolute Gasteiger partial charge is 0.490 e. The summed E-state index contributed by atoms with van der Waals surface area (Å²) in [6, 6.07) is 4.25. The lowest BCUT2D eigenvalue weighted by atomic mass is 9.98. The average Bonchev–Trinajstić information content (AvgIpc) is 2.58. The van der Waals surface area contributed by atoms with Crippen LogP contribution in [-0.2, 0) is 10.0 Å². The van der Waals surface area contributed by atoms with Crippen molar-refractivity contribution < 1.29 is 31.2 Å². The quantitative estimate of drug-likeness (QED) is 0.585. The molecule has 0 saturated carbocycles. The fourth-order valence-corrected chi connectivity index (χ4v) is 3.69. The molecule has 8 nitrogen and oxygen atoms in total. The van der Waals surface area contributed by atoms with Crippen LogP contribution in [-0.4, -0.2) is 49.9 Å². The van der Waals surface area contributed by atoms with Gasteiger partial charge in [-0.25, -0.2) is 8.42 Å². The highest BCUT2D eigenvalue weighted by atomic mass is 32.2. The molecule has 0 aromatic heterocycles. The summed E-state index contributed by atoms with van der Waals surface area (Å²) in [5.74, 6) is 0.0713. The van der Waals surface area contributed by atoms with E-state index in [2.05, 4.69) is 5.32 Å². The number of piperidine rings is 1. The Morgan fingerprint density at radius 3 is 2.46 bits per heavy atom. The highest BCUT2D eigenvalue weighted by molar-refractivity contribution is 7.90. The van der Waals surface area contributed by atoms with Crippen LogP contribution in [0.15, 0.2) is 18.2 Å². The lowest BCUT2D eigenvalue weighted by Gasteiger charge is -2.31. The van der Waals surface area contributed by atoms with Gasteiger partial charge in [-0.05, 0) is 24.8 Å². The average molecular weight is 397 g/mol. The molecule has 12 heteroatoms. The van der Waals surface area contributed by atoms with E-state index in [0.717, 1.165) is 0 Å². The van der Waals surface area contributed by atoms with Gasteiger partial charge in [-0.15, -0.1) is 0 Å². The highest BCUT2D eigenvalue weighted by Gasteiger charge is 2.50. The van der Waals surface area contributed by atoms with Gasteiger partial charge in [-0.2, -0.15) is 17.5 Å². The number of nitrogens with zero attached hydrogens (tertiary/aromatic N) is 2. The third-order valence-corrected chi connectivity index (χ3v) is 5.81.